The van der Waals surface area contributed by atoms with E-state index in [-0.39, 0.29) is 5.92 Å². The lowest BCUT2D eigenvalue weighted by Crippen LogP contribution is -2.44. The summed E-state index contributed by atoms with van der Waals surface area (Å²) in [6, 6.07) is 2.15. The van der Waals surface area contributed by atoms with Crippen molar-refractivity contribution in [3.05, 3.63) is 23.9 Å². The van der Waals surface area contributed by atoms with Gasteiger partial charge in [0.25, 0.3) is 5.91 Å². The molecule has 0 aromatic carbocycles. The van der Waals surface area contributed by atoms with Crippen molar-refractivity contribution >= 4 is 11.9 Å². The lowest BCUT2D eigenvalue weighted by atomic mass is 10.0. The number of carbonyl (C=O) groups is 2. The van der Waals surface area contributed by atoms with Crippen molar-refractivity contribution in [1.82, 2.24) is 10.3 Å². The maximum Gasteiger partial charge on any atom is 0.326 e. The van der Waals surface area contributed by atoms with E-state index in [1.807, 2.05) is 0 Å². The first-order valence-corrected chi connectivity index (χ1v) is 5.49. The number of hydrogen-bond acceptors (Lipinski definition) is 4. The van der Waals surface area contributed by atoms with Gasteiger partial charge in [0.1, 0.15) is 6.04 Å². The van der Waals surface area contributed by atoms with Crippen LogP contribution in [-0.2, 0) is 4.79 Å². The van der Waals surface area contributed by atoms with Crippen LogP contribution in [0.5, 0.6) is 5.88 Å². The summed E-state index contributed by atoms with van der Waals surface area (Å²) in [5.74, 6) is -1.33. The first kappa shape index (κ1) is 14.0. The van der Waals surface area contributed by atoms with Gasteiger partial charge in [-0.1, -0.05) is 13.8 Å². The molecule has 98 valence electrons. The van der Waals surface area contributed by atoms with E-state index in [1.54, 1.807) is 19.9 Å². The van der Waals surface area contributed by atoms with Crippen molar-refractivity contribution in [2.75, 3.05) is 7.11 Å². The predicted molar refractivity (Wildman–Crippen MR) is 64.5 cm³/mol. The summed E-state index contributed by atoms with van der Waals surface area (Å²) in [4.78, 5) is 26.7. The van der Waals surface area contributed by atoms with Gasteiger partial charge in [-0.2, -0.15) is 0 Å². The Kier molecular flexibility index (Phi) is 4.65. The largest absolute Gasteiger partial charge is 0.481 e. The van der Waals surface area contributed by atoms with Crippen molar-refractivity contribution < 1.29 is 19.4 Å². The molecule has 0 fully saturated rings. The van der Waals surface area contributed by atoms with E-state index >= 15 is 0 Å². The van der Waals surface area contributed by atoms with Gasteiger partial charge in [-0.05, 0) is 12.0 Å². The number of amides is 1. The molecule has 0 bridgehead atoms. The topological polar surface area (TPSA) is 88.5 Å². The zero-order chi connectivity index (χ0) is 13.7. The minimum Gasteiger partial charge on any atom is -0.481 e. The average Bonchev–Trinajstić information content (AvgIpc) is 2.35. The fraction of sp³-hybridized carbons (Fsp3) is 0.417. The number of rotatable bonds is 5. The number of ether oxygens (including phenoxy) is 1. The molecule has 1 heterocycles. The number of aliphatic carboxylic acids is 1. The summed E-state index contributed by atoms with van der Waals surface area (Å²) in [6.07, 6.45) is 1.34. The number of methoxy groups -OCH3 is 1. The third-order valence-corrected chi connectivity index (χ3v) is 2.43. The van der Waals surface area contributed by atoms with E-state index in [4.69, 9.17) is 9.84 Å². The molecule has 0 saturated carbocycles. The van der Waals surface area contributed by atoms with Crippen LogP contribution in [0.4, 0.5) is 0 Å². The van der Waals surface area contributed by atoms with E-state index in [0.717, 1.165) is 0 Å². The third-order valence-electron chi connectivity index (χ3n) is 2.43. The van der Waals surface area contributed by atoms with Crippen LogP contribution < -0.4 is 10.1 Å². The van der Waals surface area contributed by atoms with Gasteiger partial charge in [0.15, 0.2) is 0 Å². The third kappa shape index (κ3) is 3.44. The first-order valence-electron chi connectivity index (χ1n) is 5.49. The van der Waals surface area contributed by atoms with E-state index in [1.165, 1.54) is 19.4 Å². The van der Waals surface area contributed by atoms with Gasteiger partial charge < -0.3 is 15.2 Å². The lowest BCUT2D eigenvalue weighted by Gasteiger charge is -2.17. The molecule has 6 nitrogen and oxygen atoms in total. The molecule has 0 radical (unpaired) electrons. The molecule has 0 spiro atoms. The maximum atomic E-state index is 11.8. The highest BCUT2D eigenvalue weighted by Crippen LogP contribution is 2.08. The Hall–Kier alpha value is -2.11. The fourth-order valence-corrected chi connectivity index (χ4v) is 1.37. The van der Waals surface area contributed by atoms with Crippen molar-refractivity contribution in [2.45, 2.75) is 19.9 Å². The number of nitrogens with zero attached hydrogens (tertiary/aromatic N) is 1. The standard InChI is InChI=1S/C12H16N2O4/c1-7(2)10(12(16)17)14-11(15)8-4-5-9(18-3)13-6-8/h4-7,10H,1-3H3,(H,14,15)(H,16,17)/t10-/m0/s1. The number of aromatic nitrogens is 1. The van der Waals surface area contributed by atoms with Crippen LogP contribution in [0.1, 0.15) is 24.2 Å². The Bertz CT molecular complexity index is 428. The number of pyridine rings is 1. The van der Waals surface area contributed by atoms with Crippen molar-refractivity contribution in [2.24, 2.45) is 5.92 Å². The second kappa shape index (κ2) is 6.00. The van der Waals surface area contributed by atoms with Gasteiger partial charge in [0.2, 0.25) is 5.88 Å². The Morgan fingerprint density at radius 1 is 1.39 bits per heavy atom. The van der Waals surface area contributed by atoms with Crippen LogP contribution in [0, 0.1) is 5.92 Å². The van der Waals surface area contributed by atoms with Gasteiger partial charge in [0, 0.05) is 12.3 Å². The zero-order valence-electron chi connectivity index (χ0n) is 10.5. The highest BCUT2D eigenvalue weighted by atomic mass is 16.5. The lowest BCUT2D eigenvalue weighted by molar-refractivity contribution is -0.140. The summed E-state index contributed by atoms with van der Waals surface area (Å²) in [5.41, 5.74) is 0.294. The molecular weight excluding hydrogens is 236 g/mol. The number of nitrogens with one attached hydrogen (secondary N) is 1. The zero-order valence-corrected chi connectivity index (χ0v) is 10.5. The van der Waals surface area contributed by atoms with E-state index in [9.17, 15) is 9.59 Å². The summed E-state index contributed by atoms with van der Waals surface area (Å²) in [7, 11) is 1.47. The van der Waals surface area contributed by atoms with Gasteiger partial charge >= 0.3 is 5.97 Å². The fourth-order valence-electron chi connectivity index (χ4n) is 1.37. The summed E-state index contributed by atoms with van der Waals surface area (Å²) in [5, 5.41) is 11.4. The predicted octanol–water partition coefficient (Wildman–Crippen LogP) is 0.929. The minimum absolute atomic E-state index is 0.197. The SMILES string of the molecule is COc1ccc(C(=O)N[C@H](C(=O)O)C(C)C)cn1. The van der Waals surface area contributed by atoms with Gasteiger partial charge in [0.05, 0.1) is 12.7 Å². The van der Waals surface area contributed by atoms with Crippen LogP contribution >= 0.6 is 0 Å². The molecule has 0 aliphatic carbocycles. The molecular formula is C12H16N2O4. The molecule has 6 heteroatoms. The second-order valence-electron chi connectivity index (χ2n) is 4.12. The molecule has 1 amide bonds. The molecule has 2 N–H and O–H groups in total. The van der Waals surface area contributed by atoms with Crippen LogP contribution in [0.15, 0.2) is 18.3 Å². The number of carbonyl (C=O) groups excluding carboxylic acids is 1. The minimum atomic E-state index is -1.06. The second-order valence-corrected chi connectivity index (χ2v) is 4.12. The van der Waals surface area contributed by atoms with Crippen molar-refractivity contribution in [1.29, 1.82) is 0 Å². The smallest absolute Gasteiger partial charge is 0.326 e. The van der Waals surface area contributed by atoms with Gasteiger partial charge in [-0.25, -0.2) is 9.78 Å². The van der Waals surface area contributed by atoms with Crippen molar-refractivity contribution in [3.63, 3.8) is 0 Å². The van der Waals surface area contributed by atoms with Crippen LogP contribution in [0.3, 0.4) is 0 Å². The monoisotopic (exact) mass is 252 g/mol. The van der Waals surface area contributed by atoms with E-state index in [2.05, 4.69) is 10.3 Å². The molecule has 0 saturated heterocycles. The Balaban J connectivity index is 2.77. The average molecular weight is 252 g/mol. The van der Waals surface area contributed by atoms with Gasteiger partial charge in [-0.15, -0.1) is 0 Å². The van der Waals surface area contributed by atoms with E-state index in [0.29, 0.717) is 11.4 Å². The summed E-state index contributed by atoms with van der Waals surface area (Å²) < 4.78 is 4.87. The molecule has 0 aliphatic rings. The molecule has 0 aliphatic heterocycles. The quantitative estimate of drug-likeness (QED) is 0.813. The normalized spacial score (nSPS) is 12.0. The molecule has 1 aromatic rings. The summed E-state index contributed by atoms with van der Waals surface area (Å²) in [6.45, 7) is 3.46. The molecule has 1 rings (SSSR count). The van der Waals surface area contributed by atoms with Crippen LogP contribution in [0.2, 0.25) is 0 Å². The highest BCUT2D eigenvalue weighted by molar-refractivity contribution is 5.96. The Morgan fingerprint density at radius 3 is 2.44 bits per heavy atom. The van der Waals surface area contributed by atoms with Crippen molar-refractivity contribution in [3.8, 4) is 5.88 Å². The molecule has 18 heavy (non-hydrogen) atoms. The van der Waals surface area contributed by atoms with Crippen LogP contribution in [0.25, 0.3) is 0 Å². The van der Waals surface area contributed by atoms with Crippen LogP contribution in [-0.4, -0.2) is 35.1 Å². The molecule has 1 aromatic heterocycles. The number of carboxylic acids is 1. The number of hydrogen-bond donors (Lipinski definition) is 2. The molecule has 0 unspecified atom stereocenters. The first-order chi connectivity index (χ1) is 8.45. The Morgan fingerprint density at radius 2 is 2.06 bits per heavy atom. The number of carboxylic acid groups (broad SMARTS) is 1. The summed E-state index contributed by atoms with van der Waals surface area (Å²) >= 11 is 0. The highest BCUT2D eigenvalue weighted by Gasteiger charge is 2.23. The molecule has 1 atom stereocenters. The maximum absolute atomic E-state index is 11.8. The Labute approximate surface area is 105 Å². The van der Waals surface area contributed by atoms with Gasteiger partial charge in [-0.3, -0.25) is 4.79 Å². The van der Waals surface area contributed by atoms with E-state index < -0.39 is 17.9 Å².